The van der Waals surface area contributed by atoms with Crippen molar-refractivity contribution in [2.45, 2.75) is 13.8 Å². The molecule has 0 unspecified atom stereocenters. The highest BCUT2D eigenvalue weighted by Gasteiger charge is 2.00. The van der Waals surface area contributed by atoms with E-state index in [1.807, 2.05) is 6.92 Å². The predicted octanol–water partition coefficient (Wildman–Crippen LogP) is 2.55. The molecule has 0 aromatic carbocycles. The summed E-state index contributed by atoms with van der Waals surface area (Å²) in [6, 6.07) is 0. The molecule has 0 aromatic rings. The molecule has 74 valence electrons. The van der Waals surface area contributed by atoms with Gasteiger partial charge in [0.05, 0.1) is 5.70 Å². The lowest BCUT2D eigenvalue weighted by atomic mass is 10.2. The number of hydrogen-bond acceptors (Lipinski definition) is 2. The third-order valence-electron chi connectivity index (χ3n) is 1.50. The lowest BCUT2D eigenvalue weighted by Crippen LogP contribution is -2.13. The Balaban J connectivity index is 4.87. The third-order valence-corrected chi connectivity index (χ3v) is 1.90. The van der Waals surface area contributed by atoms with E-state index in [2.05, 4.69) is 21.2 Å². The van der Waals surface area contributed by atoms with Gasteiger partial charge in [-0.15, -0.1) is 0 Å². The van der Waals surface area contributed by atoms with Crippen molar-refractivity contribution in [1.82, 2.24) is 5.32 Å². The molecule has 0 spiro atoms. The van der Waals surface area contributed by atoms with Gasteiger partial charge >= 0.3 is 0 Å². The Hall–Kier alpha value is -0.770. The largest absolute Gasteiger partial charge is 0.401 e. The summed E-state index contributed by atoms with van der Waals surface area (Å²) in [6.07, 6.45) is 2.14. The first-order valence-electron chi connectivity index (χ1n) is 3.81. The molecule has 0 fully saturated rings. The molecule has 2 nitrogen and oxygen atoms in total. The molecule has 0 amide bonds. The van der Waals surface area contributed by atoms with E-state index >= 15 is 0 Å². The van der Waals surface area contributed by atoms with Gasteiger partial charge in [0, 0.05) is 17.2 Å². The Morgan fingerprint density at radius 3 is 2.31 bits per heavy atom. The first-order valence-corrected chi connectivity index (χ1v) is 4.60. The van der Waals surface area contributed by atoms with Crippen LogP contribution in [0.3, 0.4) is 0 Å². The summed E-state index contributed by atoms with van der Waals surface area (Å²) in [7, 11) is 1.77. The fourth-order valence-corrected chi connectivity index (χ4v) is 1.36. The molecular formula is C9H14BrFN2. The number of likely N-dealkylation sites (N-methyl/N-ethyl adjacent to an activating group) is 1. The predicted molar refractivity (Wildman–Crippen MR) is 57.8 cm³/mol. The van der Waals surface area contributed by atoms with Crippen LogP contribution in [-0.2, 0) is 0 Å². The van der Waals surface area contributed by atoms with Gasteiger partial charge < -0.3 is 11.1 Å². The molecule has 0 bridgehead atoms. The molecule has 3 N–H and O–H groups in total. The molecule has 0 rings (SSSR count). The van der Waals surface area contributed by atoms with Crippen molar-refractivity contribution >= 4 is 15.9 Å². The average molecular weight is 249 g/mol. The number of halogens is 2. The van der Waals surface area contributed by atoms with Crippen molar-refractivity contribution in [3.05, 3.63) is 33.9 Å². The number of nitrogens with one attached hydrogen (secondary N) is 1. The minimum absolute atomic E-state index is 0.388. The highest BCUT2D eigenvalue weighted by atomic mass is 79.9. The van der Waals surface area contributed by atoms with Crippen LogP contribution in [0.15, 0.2) is 33.9 Å². The van der Waals surface area contributed by atoms with Gasteiger partial charge in [-0.05, 0) is 41.4 Å². The van der Waals surface area contributed by atoms with Gasteiger partial charge in [-0.25, -0.2) is 4.39 Å². The molecular weight excluding hydrogens is 235 g/mol. The Labute approximate surface area is 86.5 Å². The SMILES string of the molecule is CNC(/C(C)=C\C(Br)=C\F)=C(/C)N. The number of nitrogens with two attached hydrogens (primary N) is 1. The van der Waals surface area contributed by atoms with Crippen molar-refractivity contribution in [3.8, 4) is 0 Å². The van der Waals surface area contributed by atoms with E-state index in [0.717, 1.165) is 11.3 Å². The van der Waals surface area contributed by atoms with E-state index in [4.69, 9.17) is 5.73 Å². The number of hydrogen-bond donors (Lipinski definition) is 2. The first-order chi connectivity index (χ1) is 6.02. The van der Waals surface area contributed by atoms with Gasteiger partial charge in [0.1, 0.15) is 6.33 Å². The van der Waals surface area contributed by atoms with Gasteiger partial charge in [-0.2, -0.15) is 0 Å². The highest BCUT2D eigenvalue weighted by Crippen LogP contribution is 2.15. The van der Waals surface area contributed by atoms with E-state index in [0.29, 0.717) is 16.5 Å². The minimum atomic E-state index is 0.388. The zero-order valence-electron chi connectivity index (χ0n) is 7.99. The normalized spacial score (nSPS) is 15.5. The molecule has 4 heteroatoms. The molecule has 0 atom stereocenters. The maximum atomic E-state index is 12.0. The third kappa shape index (κ3) is 4.12. The zero-order chi connectivity index (χ0) is 10.4. The van der Waals surface area contributed by atoms with Gasteiger partial charge in [0.15, 0.2) is 0 Å². The Kier molecular flexibility index (Phi) is 5.46. The Bertz CT molecular complexity index is 263. The molecule has 0 aliphatic rings. The Morgan fingerprint density at radius 2 is 2.00 bits per heavy atom. The van der Waals surface area contributed by atoms with Crippen LogP contribution in [0.5, 0.6) is 0 Å². The summed E-state index contributed by atoms with van der Waals surface area (Å²) in [5.74, 6) is 0. The zero-order valence-corrected chi connectivity index (χ0v) is 9.57. The summed E-state index contributed by atoms with van der Waals surface area (Å²) in [5, 5.41) is 2.95. The number of rotatable bonds is 3. The topological polar surface area (TPSA) is 38.0 Å². The second-order valence-electron chi connectivity index (χ2n) is 2.63. The van der Waals surface area contributed by atoms with Crippen molar-refractivity contribution in [3.63, 3.8) is 0 Å². The van der Waals surface area contributed by atoms with Gasteiger partial charge in [0.2, 0.25) is 0 Å². The summed E-state index contributed by atoms with van der Waals surface area (Å²) in [5.41, 5.74) is 7.99. The van der Waals surface area contributed by atoms with Crippen LogP contribution >= 0.6 is 15.9 Å². The fraction of sp³-hybridized carbons (Fsp3) is 0.333. The molecule has 13 heavy (non-hydrogen) atoms. The number of allylic oxidation sites excluding steroid dienone is 4. The first kappa shape index (κ1) is 12.2. The second kappa shape index (κ2) is 5.80. The summed E-state index contributed by atoms with van der Waals surface area (Å²) < 4.78 is 12.4. The van der Waals surface area contributed by atoms with Crippen LogP contribution in [0.2, 0.25) is 0 Å². The van der Waals surface area contributed by atoms with Crippen LogP contribution in [0.4, 0.5) is 4.39 Å². The molecule has 0 radical (unpaired) electrons. The molecule has 0 aliphatic carbocycles. The maximum Gasteiger partial charge on any atom is 0.101 e. The smallest absolute Gasteiger partial charge is 0.101 e. The maximum absolute atomic E-state index is 12.0. The lowest BCUT2D eigenvalue weighted by molar-refractivity contribution is 0.720. The van der Waals surface area contributed by atoms with Crippen LogP contribution < -0.4 is 11.1 Å². The standard InChI is InChI=1S/C9H14BrFN2/c1-6(4-8(10)5-11)9(13-3)7(2)12/h4-5,13H,12H2,1-3H3/b6-4-,8-5-,9-7-. The Morgan fingerprint density at radius 1 is 1.46 bits per heavy atom. The van der Waals surface area contributed by atoms with E-state index in [-0.39, 0.29) is 0 Å². The van der Waals surface area contributed by atoms with E-state index < -0.39 is 0 Å². The molecule has 0 aromatic heterocycles. The van der Waals surface area contributed by atoms with Crippen molar-refractivity contribution < 1.29 is 4.39 Å². The van der Waals surface area contributed by atoms with E-state index in [1.54, 1.807) is 20.0 Å². The quantitative estimate of drug-likeness (QED) is 0.754. The van der Waals surface area contributed by atoms with Crippen LogP contribution in [0.1, 0.15) is 13.8 Å². The monoisotopic (exact) mass is 248 g/mol. The van der Waals surface area contributed by atoms with Crippen LogP contribution in [0, 0.1) is 0 Å². The van der Waals surface area contributed by atoms with Gasteiger partial charge in [-0.1, -0.05) is 0 Å². The molecule has 0 saturated carbocycles. The molecule has 0 heterocycles. The van der Waals surface area contributed by atoms with Gasteiger partial charge in [-0.3, -0.25) is 0 Å². The average Bonchev–Trinajstić information content (AvgIpc) is 2.04. The fourth-order valence-electron chi connectivity index (χ4n) is 1.02. The molecule has 0 saturated heterocycles. The molecule has 0 aliphatic heterocycles. The van der Waals surface area contributed by atoms with Gasteiger partial charge in [0.25, 0.3) is 0 Å². The van der Waals surface area contributed by atoms with Crippen LogP contribution in [-0.4, -0.2) is 7.05 Å². The van der Waals surface area contributed by atoms with Crippen molar-refractivity contribution in [2.24, 2.45) is 5.73 Å². The minimum Gasteiger partial charge on any atom is -0.401 e. The second-order valence-corrected chi connectivity index (χ2v) is 3.55. The van der Waals surface area contributed by atoms with E-state index in [9.17, 15) is 4.39 Å². The van der Waals surface area contributed by atoms with E-state index in [1.165, 1.54) is 0 Å². The summed E-state index contributed by atoms with van der Waals surface area (Å²) >= 11 is 3.04. The van der Waals surface area contributed by atoms with Crippen molar-refractivity contribution in [1.29, 1.82) is 0 Å². The van der Waals surface area contributed by atoms with Crippen LogP contribution in [0.25, 0.3) is 0 Å². The summed E-state index contributed by atoms with van der Waals surface area (Å²) in [4.78, 5) is 0. The lowest BCUT2D eigenvalue weighted by Gasteiger charge is -2.09. The highest BCUT2D eigenvalue weighted by molar-refractivity contribution is 9.11. The summed E-state index contributed by atoms with van der Waals surface area (Å²) in [6.45, 7) is 3.64. The van der Waals surface area contributed by atoms with Crippen molar-refractivity contribution in [2.75, 3.05) is 7.05 Å².